The number of carbonyl (C=O) groups excluding carboxylic acids is 1. The molecule has 0 saturated carbocycles. The quantitative estimate of drug-likeness (QED) is 0.835. The van der Waals surface area contributed by atoms with Crippen LogP contribution in [0.25, 0.3) is 0 Å². The van der Waals surface area contributed by atoms with E-state index < -0.39 is 5.54 Å². The molecule has 0 fully saturated rings. The third-order valence-electron chi connectivity index (χ3n) is 3.64. The van der Waals surface area contributed by atoms with Crippen molar-refractivity contribution in [1.29, 1.82) is 5.26 Å². The number of nitrogens with zero attached hydrogens (tertiary/aromatic N) is 1. The summed E-state index contributed by atoms with van der Waals surface area (Å²) in [5.74, 6) is -0.0630. The lowest BCUT2D eigenvalue weighted by molar-refractivity contribution is -0.885. The summed E-state index contributed by atoms with van der Waals surface area (Å²) in [5, 5.41) is 12.7. The second-order valence-corrected chi connectivity index (χ2v) is 6.39. The average molecular weight is 309 g/mol. The standard InChI is InChI=1S/C16H22ClN3O/c1-12(2)16(3,11-18)19-15(21)10-20(4)9-13-6-5-7-14(17)8-13/h5-8,12H,9-10H2,1-4H3,(H,19,21)/p+1/t16-/m1/s1. The smallest absolute Gasteiger partial charge is 0.276 e. The van der Waals surface area contributed by atoms with Gasteiger partial charge in [-0.2, -0.15) is 5.26 Å². The van der Waals surface area contributed by atoms with E-state index in [2.05, 4.69) is 11.4 Å². The molecule has 1 aromatic carbocycles. The maximum absolute atomic E-state index is 12.1. The predicted octanol–water partition coefficient (Wildman–Crippen LogP) is 1.41. The minimum Gasteiger partial charge on any atom is -0.333 e. The molecule has 1 aromatic rings. The number of carbonyl (C=O) groups is 1. The van der Waals surface area contributed by atoms with Gasteiger partial charge in [0.15, 0.2) is 6.54 Å². The van der Waals surface area contributed by atoms with Gasteiger partial charge in [-0.3, -0.25) is 4.79 Å². The Hall–Kier alpha value is -1.57. The molecule has 0 bridgehead atoms. The number of likely N-dealkylation sites (N-methyl/N-ethyl adjacent to an activating group) is 1. The fourth-order valence-electron chi connectivity index (χ4n) is 1.97. The zero-order valence-corrected chi connectivity index (χ0v) is 13.8. The maximum Gasteiger partial charge on any atom is 0.276 e. The number of hydrogen-bond acceptors (Lipinski definition) is 2. The first kappa shape index (κ1) is 17.5. The molecule has 21 heavy (non-hydrogen) atoms. The van der Waals surface area contributed by atoms with Crippen molar-refractivity contribution < 1.29 is 9.69 Å². The number of halogens is 1. The molecule has 114 valence electrons. The largest absolute Gasteiger partial charge is 0.333 e. The second-order valence-electron chi connectivity index (χ2n) is 5.96. The highest BCUT2D eigenvalue weighted by Gasteiger charge is 2.30. The van der Waals surface area contributed by atoms with Gasteiger partial charge in [0.1, 0.15) is 12.1 Å². The van der Waals surface area contributed by atoms with Crippen molar-refractivity contribution in [2.24, 2.45) is 5.92 Å². The normalized spacial score (nSPS) is 15.1. The van der Waals surface area contributed by atoms with Gasteiger partial charge in [-0.05, 0) is 25.0 Å². The van der Waals surface area contributed by atoms with Crippen molar-refractivity contribution in [3.8, 4) is 6.07 Å². The maximum atomic E-state index is 12.1. The lowest BCUT2D eigenvalue weighted by Crippen LogP contribution is -3.09. The molecule has 0 aromatic heterocycles. The third-order valence-corrected chi connectivity index (χ3v) is 3.88. The van der Waals surface area contributed by atoms with Gasteiger partial charge in [0.25, 0.3) is 5.91 Å². The molecule has 1 unspecified atom stereocenters. The molecule has 0 radical (unpaired) electrons. The van der Waals surface area contributed by atoms with Gasteiger partial charge in [0.05, 0.1) is 13.1 Å². The number of amides is 1. The van der Waals surface area contributed by atoms with Crippen LogP contribution >= 0.6 is 11.6 Å². The molecule has 0 aliphatic carbocycles. The molecule has 2 atom stereocenters. The van der Waals surface area contributed by atoms with Crippen LogP contribution in [0.1, 0.15) is 26.3 Å². The Morgan fingerprint density at radius 1 is 1.52 bits per heavy atom. The van der Waals surface area contributed by atoms with Crippen molar-refractivity contribution in [1.82, 2.24) is 5.32 Å². The molecule has 1 rings (SSSR count). The Labute approximate surface area is 131 Å². The van der Waals surface area contributed by atoms with Crippen molar-refractivity contribution >= 4 is 17.5 Å². The summed E-state index contributed by atoms with van der Waals surface area (Å²) >= 11 is 5.95. The molecule has 0 aliphatic rings. The number of quaternary nitrogens is 1. The van der Waals surface area contributed by atoms with Crippen molar-refractivity contribution in [2.45, 2.75) is 32.9 Å². The minimum atomic E-state index is -0.826. The van der Waals surface area contributed by atoms with E-state index in [1.807, 2.05) is 45.2 Å². The first-order chi connectivity index (χ1) is 9.76. The Balaban J connectivity index is 2.57. The summed E-state index contributed by atoms with van der Waals surface area (Å²) in [6.07, 6.45) is 0. The summed E-state index contributed by atoms with van der Waals surface area (Å²) in [5.41, 5.74) is 0.257. The van der Waals surface area contributed by atoms with Gasteiger partial charge >= 0.3 is 0 Å². The van der Waals surface area contributed by atoms with Crippen LogP contribution in [0.15, 0.2) is 24.3 Å². The van der Waals surface area contributed by atoms with Gasteiger partial charge in [0.2, 0.25) is 0 Å². The highest BCUT2D eigenvalue weighted by Crippen LogP contribution is 2.14. The van der Waals surface area contributed by atoms with Crippen LogP contribution in [-0.2, 0) is 11.3 Å². The fourth-order valence-corrected chi connectivity index (χ4v) is 2.18. The van der Waals surface area contributed by atoms with E-state index in [0.29, 0.717) is 18.1 Å². The van der Waals surface area contributed by atoms with Gasteiger partial charge < -0.3 is 10.2 Å². The van der Waals surface area contributed by atoms with Crippen LogP contribution < -0.4 is 10.2 Å². The lowest BCUT2D eigenvalue weighted by atomic mass is 9.90. The van der Waals surface area contributed by atoms with E-state index in [0.717, 1.165) is 10.5 Å². The zero-order chi connectivity index (χ0) is 16.0. The van der Waals surface area contributed by atoms with E-state index in [-0.39, 0.29) is 11.8 Å². The molecule has 4 nitrogen and oxygen atoms in total. The summed E-state index contributed by atoms with van der Waals surface area (Å²) in [6.45, 7) is 6.62. The van der Waals surface area contributed by atoms with Crippen LogP contribution in [0.5, 0.6) is 0 Å². The Morgan fingerprint density at radius 2 is 2.19 bits per heavy atom. The lowest BCUT2D eigenvalue weighted by Gasteiger charge is -2.27. The third kappa shape index (κ3) is 5.37. The van der Waals surface area contributed by atoms with Crippen LogP contribution in [0.3, 0.4) is 0 Å². The fraction of sp³-hybridized carbons (Fsp3) is 0.500. The van der Waals surface area contributed by atoms with E-state index >= 15 is 0 Å². The second kappa shape index (κ2) is 7.44. The SMILES string of the molecule is CC(C)[C@@](C)(C#N)NC(=O)C[NH+](C)Cc1cccc(Cl)c1. The number of rotatable bonds is 6. The van der Waals surface area contributed by atoms with Crippen LogP contribution in [0.2, 0.25) is 5.02 Å². The van der Waals surface area contributed by atoms with Gasteiger partial charge in [-0.1, -0.05) is 37.6 Å². The Kier molecular flexibility index (Phi) is 6.19. The summed E-state index contributed by atoms with van der Waals surface area (Å²) in [4.78, 5) is 13.1. The van der Waals surface area contributed by atoms with Gasteiger partial charge in [0, 0.05) is 10.6 Å². The molecular weight excluding hydrogens is 286 g/mol. The van der Waals surface area contributed by atoms with Crippen molar-refractivity contribution in [3.05, 3.63) is 34.9 Å². The zero-order valence-electron chi connectivity index (χ0n) is 13.0. The Morgan fingerprint density at radius 3 is 2.71 bits per heavy atom. The molecule has 0 spiro atoms. The topological polar surface area (TPSA) is 57.3 Å². The van der Waals surface area contributed by atoms with Crippen molar-refractivity contribution in [3.63, 3.8) is 0 Å². The molecule has 0 heterocycles. The van der Waals surface area contributed by atoms with Crippen LogP contribution in [0.4, 0.5) is 0 Å². The number of hydrogen-bond donors (Lipinski definition) is 2. The molecule has 0 aliphatic heterocycles. The number of nitrogens with one attached hydrogen (secondary N) is 2. The summed E-state index contributed by atoms with van der Waals surface area (Å²) in [6, 6.07) is 9.79. The summed E-state index contributed by atoms with van der Waals surface area (Å²) < 4.78 is 0. The van der Waals surface area contributed by atoms with Gasteiger partial charge in [-0.25, -0.2) is 0 Å². The monoisotopic (exact) mass is 308 g/mol. The molecule has 5 heteroatoms. The van der Waals surface area contributed by atoms with E-state index in [1.54, 1.807) is 6.92 Å². The minimum absolute atomic E-state index is 0.0553. The van der Waals surface area contributed by atoms with Crippen molar-refractivity contribution in [2.75, 3.05) is 13.6 Å². The average Bonchev–Trinajstić information content (AvgIpc) is 2.37. The molecule has 1 amide bonds. The van der Waals surface area contributed by atoms with Crippen LogP contribution in [0, 0.1) is 17.2 Å². The Bertz CT molecular complexity index is 539. The van der Waals surface area contributed by atoms with Crippen LogP contribution in [-0.4, -0.2) is 25.0 Å². The number of benzene rings is 1. The first-order valence-corrected chi connectivity index (χ1v) is 7.42. The predicted molar refractivity (Wildman–Crippen MR) is 83.9 cm³/mol. The first-order valence-electron chi connectivity index (χ1n) is 7.05. The number of nitriles is 1. The van der Waals surface area contributed by atoms with E-state index in [9.17, 15) is 10.1 Å². The highest BCUT2D eigenvalue weighted by atomic mass is 35.5. The van der Waals surface area contributed by atoms with E-state index in [4.69, 9.17) is 11.6 Å². The van der Waals surface area contributed by atoms with Gasteiger partial charge in [-0.15, -0.1) is 0 Å². The molecular formula is C16H23ClN3O+. The summed E-state index contributed by atoms with van der Waals surface area (Å²) in [7, 11) is 1.94. The highest BCUT2D eigenvalue weighted by molar-refractivity contribution is 6.30. The molecule has 2 N–H and O–H groups in total. The van der Waals surface area contributed by atoms with E-state index in [1.165, 1.54) is 0 Å². The molecule has 0 saturated heterocycles.